The molecule has 0 bridgehead atoms. The van der Waals surface area contributed by atoms with Crippen LogP contribution in [0.1, 0.15) is 44.0 Å². The van der Waals surface area contributed by atoms with E-state index in [1.165, 1.54) is 0 Å². The van der Waals surface area contributed by atoms with Crippen LogP contribution < -0.4 is 4.90 Å². The predicted molar refractivity (Wildman–Crippen MR) is 119 cm³/mol. The van der Waals surface area contributed by atoms with Crippen LogP contribution in [0.4, 0.5) is 5.82 Å². The van der Waals surface area contributed by atoms with E-state index in [2.05, 4.69) is 14.8 Å². The number of hydrogen-bond donors (Lipinski definition) is 0. The topological polar surface area (TPSA) is 92.3 Å². The minimum atomic E-state index is -0.369. The Bertz CT molecular complexity index is 792. The number of esters is 2. The Kier molecular flexibility index (Phi) is 8.44. The summed E-state index contributed by atoms with van der Waals surface area (Å²) in [5, 5.41) is 0. The zero-order valence-electron chi connectivity index (χ0n) is 19.3. The summed E-state index contributed by atoms with van der Waals surface area (Å²) in [6.45, 7) is 10.3. The molecular formula is C23H34N4O5. The molecule has 2 aliphatic heterocycles. The number of piperidine rings is 1. The van der Waals surface area contributed by atoms with E-state index in [1.54, 1.807) is 26.1 Å². The van der Waals surface area contributed by atoms with Gasteiger partial charge in [0.05, 0.1) is 30.7 Å². The molecule has 176 valence electrons. The highest BCUT2D eigenvalue weighted by molar-refractivity contribution is 5.89. The molecule has 1 aromatic rings. The van der Waals surface area contributed by atoms with Gasteiger partial charge in [-0.15, -0.1) is 0 Å². The van der Waals surface area contributed by atoms with Crippen molar-refractivity contribution in [3.63, 3.8) is 0 Å². The fourth-order valence-electron chi connectivity index (χ4n) is 4.30. The zero-order chi connectivity index (χ0) is 23.1. The second-order valence-electron chi connectivity index (χ2n) is 8.20. The van der Waals surface area contributed by atoms with Crippen LogP contribution >= 0.6 is 0 Å². The van der Waals surface area contributed by atoms with Crippen molar-refractivity contribution < 1.29 is 23.9 Å². The summed E-state index contributed by atoms with van der Waals surface area (Å²) in [7, 11) is 0. The Labute approximate surface area is 189 Å². The first-order chi connectivity index (χ1) is 15.4. The summed E-state index contributed by atoms with van der Waals surface area (Å²) in [6.07, 6.45) is 3.14. The van der Waals surface area contributed by atoms with Crippen LogP contribution in [0.2, 0.25) is 0 Å². The predicted octanol–water partition coefficient (Wildman–Crippen LogP) is 1.57. The molecule has 0 aliphatic carbocycles. The highest BCUT2D eigenvalue weighted by Crippen LogP contribution is 2.21. The number of rotatable bonds is 7. The summed E-state index contributed by atoms with van der Waals surface area (Å²) >= 11 is 0. The Morgan fingerprint density at radius 1 is 1.06 bits per heavy atom. The Morgan fingerprint density at radius 3 is 2.41 bits per heavy atom. The molecule has 2 aliphatic rings. The number of ether oxygens (including phenoxy) is 2. The number of pyridine rings is 1. The van der Waals surface area contributed by atoms with Crippen molar-refractivity contribution in [2.24, 2.45) is 5.92 Å². The van der Waals surface area contributed by atoms with Crippen molar-refractivity contribution in [1.29, 1.82) is 0 Å². The van der Waals surface area contributed by atoms with Crippen LogP contribution in [0.3, 0.4) is 0 Å². The van der Waals surface area contributed by atoms with Crippen molar-refractivity contribution in [3.05, 3.63) is 23.9 Å². The van der Waals surface area contributed by atoms with Gasteiger partial charge in [0.25, 0.3) is 0 Å². The molecule has 2 saturated heterocycles. The Morgan fingerprint density at radius 2 is 1.78 bits per heavy atom. The molecule has 3 rings (SSSR count). The highest BCUT2D eigenvalue weighted by Gasteiger charge is 2.34. The normalized spacial score (nSPS) is 20.5. The van der Waals surface area contributed by atoms with E-state index in [-0.39, 0.29) is 29.8 Å². The van der Waals surface area contributed by atoms with Crippen LogP contribution in [-0.4, -0.2) is 91.2 Å². The first-order valence-corrected chi connectivity index (χ1v) is 11.5. The van der Waals surface area contributed by atoms with Gasteiger partial charge in [-0.3, -0.25) is 14.5 Å². The van der Waals surface area contributed by atoms with E-state index >= 15 is 0 Å². The molecule has 3 heterocycles. The number of hydrogen-bond acceptors (Lipinski definition) is 8. The summed E-state index contributed by atoms with van der Waals surface area (Å²) in [4.78, 5) is 47.5. The van der Waals surface area contributed by atoms with Crippen molar-refractivity contribution in [2.75, 3.05) is 57.4 Å². The summed E-state index contributed by atoms with van der Waals surface area (Å²) in [6, 6.07) is 3.33. The van der Waals surface area contributed by atoms with Crippen LogP contribution in [0.15, 0.2) is 18.3 Å². The van der Waals surface area contributed by atoms with E-state index in [0.29, 0.717) is 31.9 Å². The Balaban J connectivity index is 1.51. The standard InChI is InChI=1S/C23H34N4O5/c1-4-31-22(29)18-8-9-20(24-15-18)26-13-11-25(12-14-26)17(3)21(28)27-10-6-7-19(16-27)23(30)32-5-2/h8-9,15,17,19H,4-7,10-14,16H2,1-3H3. The second-order valence-corrected chi connectivity index (χ2v) is 8.20. The van der Waals surface area contributed by atoms with Gasteiger partial charge in [0, 0.05) is 45.5 Å². The van der Waals surface area contributed by atoms with E-state index < -0.39 is 0 Å². The highest BCUT2D eigenvalue weighted by atomic mass is 16.5. The molecule has 0 spiro atoms. The van der Waals surface area contributed by atoms with E-state index in [0.717, 1.165) is 44.8 Å². The molecule has 0 aromatic carbocycles. The van der Waals surface area contributed by atoms with E-state index in [1.807, 2.05) is 17.9 Å². The minimum Gasteiger partial charge on any atom is -0.466 e. The van der Waals surface area contributed by atoms with Crippen molar-refractivity contribution in [3.8, 4) is 0 Å². The largest absolute Gasteiger partial charge is 0.466 e. The van der Waals surface area contributed by atoms with Gasteiger partial charge >= 0.3 is 11.9 Å². The smallest absolute Gasteiger partial charge is 0.339 e. The zero-order valence-corrected chi connectivity index (χ0v) is 19.3. The first-order valence-electron chi connectivity index (χ1n) is 11.5. The molecule has 1 aromatic heterocycles. The lowest BCUT2D eigenvalue weighted by Crippen LogP contribution is -2.56. The third kappa shape index (κ3) is 5.76. The minimum absolute atomic E-state index is 0.0735. The van der Waals surface area contributed by atoms with Gasteiger partial charge in [0.2, 0.25) is 5.91 Å². The number of piperazine rings is 1. The van der Waals surface area contributed by atoms with Crippen LogP contribution in [0.25, 0.3) is 0 Å². The third-order valence-corrected chi connectivity index (χ3v) is 6.16. The monoisotopic (exact) mass is 446 g/mol. The van der Waals surface area contributed by atoms with Gasteiger partial charge < -0.3 is 19.3 Å². The molecule has 1 amide bonds. The molecule has 2 fully saturated rings. The molecule has 0 saturated carbocycles. The fraction of sp³-hybridized carbons (Fsp3) is 0.652. The molecule has 0 radical (unpaired) electrons. The maximum atomic E-state index is 13.1. The van der Waals surface area contributed by atoms with Crippen LogP contribution in [-0.2, 0) is 19.1 Å². The van der Waals surface area contributed by atoms with Gasteiger partial charge in [0.1, 0.15) is 5.82 Å². The molecule has 0 N–H and O–H groups in total. The maximum Gasteiger partial charge on any atom is 0.339 e. The van der Waals surface area contributed by atoms with Crippen LogP contribution in [0, 0.1) is 5.92 Å². The molecule has 9 heteroatoms. The SMILES string of the molecule is CCOC(=O)c1ccc(N2CCN(C(C)C(=O)N3CCCC(C(=O)OCC)C3)CC2)nc1. The van der Waals surface area contributed by atoms with Crippen molar-refractivity contribution in [1.82, 2.24) is 14.8 Å². The molecule has 9 nitrogen and oxygen atoms in total. The second kappa shape index (κ2) is 11.3. The Hall–Kier alpha value is -2.68. The molecule has 2 atom stereocenters. The number of likely N-dealkylation sites (tertiary alicyclic amines) is 1. The van der Waals surface area contributed by atoms with Gasteiger partial charge in [-0.05, 0) is 45.7 Å². The van der Waals surface area contributed by atoms with E-state index in [4.69, 9.17) is 9.47 Å². The van der Waals surface area contributed by atoms with Gasteiger partial charge in [-0.2, -0.15) is 0 Å². The van der Waals surface area contributed by atoms with Gasteiger partial charge in [-0.25, -0.2) is 9.78 Å². The maximum absolute atomic E-state index is 13.1. The lowest BCUT2D eigenvalue weighted by atomic mass is 9.97. The molecular weight excluding hydrogens is 412 g/mol. The average Bonchev–Trinajstić information content (AvgIpc) is 2.83. The van der Waals surface area contributed by atoms with E-state index in [9.17, 15) is 14.4 Å². The van der Waals surface area contributed by atoms with Crippen molar-refractivity contribution >= 4 is 23.7 Å². The van der Waals surface area contributed by atoms with Gasteiger partial charge in [0.15, 0.2) is 0 Å². The summed E-state index contributed by atoms with van der Waals surface area (Å²) in [5.74, 6) is 0.0917. The lowest BCUT2D eigenvalue weighted by molar-refractivity contribution is -0.152. The third-order valence-electron chi connectivity index (χ3n) is 6.16. The molecule has 32 heavy (non-hydrogen) atoms. The van der Waals surface area contributed by atoms with Gasteiger partial charge in [-0.1, -0.05) is 0 Å². The number of anilines is 1. The number of amides is 1. The average molecular weight is 447 g/mol. The fourth-order valence-corrected chi connectivity index (χ4v) is 4.30. The van der Waals surface area contributed by atoms with Crippen molar-refractivity contribution in [2.45, 2.75) is 39.7 Å². The number of carbonyl (C=O) groups excluding carboxylic acids is 3. The number of nitrogens with zero attached hydrogens (tertiary/aromatic N) is 4. The summed E-state index contributed by atoms with van der Waals surface area (Å²) < 4.78 is 10.1. The number of carbonyl (C=O) groups is 3. The first kappa shape index (κ1) is 24.0. The summed E-state index contributed by atoms with van der Waals surface area (Å²) in [5.41, 5.74) is 0.441. The quantitative estimate of drug-likeness (QED) is 0.583. The molecule has 2 unspecified atom stereocenters. The lowest BCUT2D eigenvalue weighted by Gasteiger charge is -2.40. The van der Waals surface area contributed by atoms with Crippen LogP contribution in [0.5, 0.6) is 0 Å². The number of aromatic nitrogens is 1.